The van der Waals surface area contributed by atoms with E-state index >= 15 is 0 Å². The molecule has 0 aliphatic carbocycles. The molecule has 0 fully saturated rings. The van der Waals surface area contributed by atoms with Crippen LogP contribution in [0.1, 0.15) is 25.0 Å². The van der Waals surface area contributed by atoms with Gasteiger partial charge in [-0.15, -0.1) is 0 Å². The first kappa shape index (κ1) is 14.3. The molecule has 0 atom stereocenters. The molecular weight excluding hydrogens is 202 g/mol. The Morgan fingerprint density at radius 3 is 2.44 bits per heavy atom. The van der Waals surface area contributed by atoms with Crippen LogP contribution in [-0.4, -0.2) is 13.1 Å². The second kappa shape index (κ2) is 7.56. The number of carbonyl (C=O) groups excluding carboxylic acids is 1. The number of hydrogen-bond donors (Lipinski definition) is 3. The Bertz CT molecular complexity index is 337. The lowest BCUT2D eigenvalue weighted by molar-refractivity contribution is 0.248. The maximum absolute atomic E-state index is 10.5. The number of primary amides is 1. The van der Waals surface area contributed by atoms with Gasteiger partial charge in [0.25, 0.3) is 0 Å². The summed E-state index contributed by atoms with van der Waals surface area (Å²) in [5, 5.41) is 5.60. The number of urea groups is 1. The van der Waals surface area contributed by atoms with Gasteiger partial charge in [-0.2, -0.15) is 0 Å². The van der Waals surface area contributed by atoms with E-state index in [2.05, 4.69) is 10.6 Å². The molecule has 2 amide bonds. The minimum atomic E-state index is -0.502. The number of benzene rings is 1. The number of carbonyl (C=O) groups is 1. The summed E-state index contributed by atoms with van der Waals surface area (Å²) in [6.45, 7) is 6.47. The molecule has 1 rings (SSSR count). The van der Waals surface area contributed by atoms with E-state index in [0.717, 1.165) is 16.8 Å². The van der Waals surface area contributed by atoms with Gasteiger partial charge in [-0.25, -0.2) is 4.79 Å². The number of nitrogens with two attached hydrogens (primary N) is 1. The van der Waals surface area contributed by atoms with Gasteiger partial charge in [0.05, 0.1) is 0 Å². The molecule has 90 valence electrons. The van der Waals surface area contributed by atoms with Crippen molar-refractivity contribution >= 4 is 11.7 Å². The highest BCUT2D eigenvalue weighted by Crippen LogP contribution is 2.13. The van der Waals surface area contributed by atoms with Gasteiger partial charge in [-0.05, 0) is 30.2 Å². The molecule has 0 heterocycles. The van der Waals surface area contributed by atoms with Crippen molar-refractivity contribution in [1.29, 1.82) is 0 Å². The topological polar surface area (TPSA) is 67.2 Å². The fourth-order valence-electron chi connectivity index (χ4n) is 1.30. The van der Waals surface area contributed by atoms with Crippen molar-refractivity contribution < 1.29 is 4.79 Å². The molecule has 16 heavy (non-hydrogen) atoms. The number of rotatable bonds is 3. The van der Waals surface area contributed by atoms with E-state index in [9.17, 15) is 4.79 Å². The van der Waals surface area contributed by atoms with Gasteiger partial charge in [-0.1, -0.05) is 19.9 Å². The third-order valence-corrected chi connectivity index (χ3v) is 1.89. The Hall–Kier alpha value is -1.71. The van der Waals surface area contributed by atoms with E-state index in [1.807, 2.05) is 46.0 Å². The van der Waals surface area contributed by atoms with E-state index in [0.29, 0.717) is 6.54 Å². The minimum absolute atomic E-state index is 0.464. The largest absolute Gasteiger partial charge is 0.388 e. The van der Waals surface area contributed by atoms with Gasteiger partial charge in [0, 0.05) is 19.3 Å². The van der Waals surface area contributed by atoms with Crippen LogP contribution in [0.2, 0.25) is 0 Å². The molecular formula is C12H21N3O. The summed E-state index contributed by atoms with van der Waals surface area (Å²) in [5.41, 5.74) is 8.20. The van der Waals surface area contributed by atoms with Gasteiger partial charge in [0.2, 0.25) is 0 Å². The first-order chi connectivity index (χ1) is 7.61. The van der Waals surface area contributed by atoms with E-state index in [-0.39, 0.29) is 0 Å². The van der Waals surface area contributed by atoms with Gasteiger partial charge >= 0.3 is 6.03 Å². The van der Waals surface area contributed by atoms with Crippen molar-refractivity contribution in [3.63, 3.8) is 0 Å². The molecule has 0 saturated carbocycles. The monoisotopic (exact) mass is 223 g/mol. The average Bonchev–Trinajstić information content (AvgIpc) is 2.28. The highest BCUT2D eigenvalue weighted by Gasteiger charge is 1.98. The van der Waals surface area contributed by atoms with Crippen LogP contribution in [0.15, 0.2) is 18.2 Å². The molecule has 1 aromatic rings. The van der Waals surface area contributed by atoms with Crippen LogP contribution >= 0.6 is 0 Å². The first-order valence-corrected chi connectivity index (χ1v) is 5.43. The number of amides is 2. The lowest BCUT2D eigenvalue weighted by atomic mass is 10.1. The van der Waals surface area contributed by atoms with Crippen molar-refractivity contribution in [2.75, 3.05) is 12.4 Å². The Balaban J connectivity index is 0.00000106. The summed E-state index contributed by atoms with van der Waals surface area (Å²) in [6.07, 6.45) is 0. The fourth-order valence-corrected chi connectivity index (χ4v) is 1.30. The first-order valence-electron chi connectivity index (χ1n) is 5.43. The van der Waals surface area contributed by atoms with Crippen LogP contribution < -0.4 is 16.4 Å². The van der Waals surface area contributed by atoms with Crippen molar-refractivity contribution in [1.82, 2.24) is 5.32 Å². The molecule has 0 aliphatic rings. The Labute approximate surface area is 97.2 Å². The zero-order valence-electron chi connectivity index (χ0n) is 10.4. The van der Waals surface area contributed by atoms with Crippen LogP contribution in [0.4, 0.5) is 10.5 Å². The standard InChI is InChI=1S/C10H15N3O.C2H6/c1-7-3-8(6-13-10(11)14)5-9(4-7)12-2;1-2/h3-5,12H,6H2,1-2H3,(H3,11,13,14);1-2H3. The van der Waals surface area contributed by atoms with Crippen molar-refractivity contribution in [2.24, 2.45) is 5.73 Å². The zero-order chi connectivity index (χ0) is 12.6. The fraction of sp³-hybridized carbons (Fsp3) is 0.417. The van der Waals surface area contributed by atoms with E-state index < -0.39 is 6.03 Å². The smallest absolute Gasteiger partial charge is 0.312 e. The van der Waals surface area contributed by atoms with Crippen molar-refractivity contribution in [3.8, 4) is 0 Å². The SMILES string of the molecule is CC.CNc1cc(C)cc(CNC(N)=O)c1. The summed E-state index contributed by atoms with van der Waals surface area (Å²) in [6, 6.07) is 5.52. The highest BCUT2D eigenvalue weighted by molar-refractivity contribution is 5.71. The van der Waals surface area contributed by atoms with E-state index in [1.54, 1.807) is 0 Å². The molecule has 0 unspecified atom stereocenters. The van der Waals surface area contributed by atoms with Crippen LogP contribution in [0.3, 0.4) is 0 Å². The summed E-state index contributed by atoms with van der Waals surface area (Å²) >= 11 is 0. The normalized spacial score (nSPS) is 8.75. The summed E-state index contributed by atoms with van der Waals surface area (Å²) < 4.78 is 0. The molecule has 4 N–H and O–H groups in total. The average molecular weight is 223 g/mol. The number of aryl methyl sites for hydroxylation is 1. The molecule has 1 aromatic carbocycles. The van der Waals surface area contributed by atoms with E-state index in [1.165, 1.54) is 0 Å². The minimum Gasteiger partial charge on any atom is -0.388 e. The van der Waals surface area contributed by atoms with Crippen molar-refractivity contribution in [3.05, 3.63) is 29.3 Å². The quantitative estimate of drug-likeness (QED) is 0.735. The molecule has 0 spiro atoms. The summed E-state index contributed by atoms with van der Waals surface area (Å²) in [7, 11) is 1.86. The molecule has 0 radical (unpaired) electrons. The van der Waals surface area contributed by atoms with Crippen LogP contribution in [-0.2, 0) is 6.54 Å². The zero-order valence-corrected chi connectivity index (χ0v) is 10.4. The maximum Gasteiger partial charge on any atom is 0.312 e. The lowest BCUT2D eigenvalue weighted by Gasteiger charge is -2.07. The maximum atomic E-state index is 10.5. The number of hydrogen-bond acceptors (Lipinski definition) is 2. The Morgan fingerprint density at radius 1 is 1.31 bits per heavy atom. The molecule has 0 saturated heterocycles. The third-order valence-electron chi connectivity index (χ3n) is 1.89. The summed E-state index contributed by atoms with van der Waals surface area (Å²) in [5.74, 6) is 0. The Morgan fingerprint density at radius 2 is 1.94 bits per heavy atom. The van der Waals surface area contributed by atoms with Crippen LogP contribution in [0.25, 0.3) is 0 Å². The highest BCUT2D eigenvalue weighted by atomic mass is 16.2. The van der Waals surface area contributed by atoms with Gasteiger partial charge in [-0.3, -0.25) is 0 Å². The molecule has 0 aromatic heterocycles. The second-order valence-corrected chi connectivity index (χ2v) is 3.18. The molecule has 4 nitrogen and oxygen atoms in total. The van der Waals surface area contributed by atoms with E-state index in [4.69, 9.17) is 5.73 Å². The van der Waals surface area contributed by atoms with Crippen molar-refractivity contribution in [2.45, 2.75) is 27.3 Å². The molecule has 0 aliphatic heterocycles. The van der Waals surface area contributed by atoms with Gasteiger partial charge in [0.1, 0.15) is 0 Å². The lowest BCUT2D eigenvalue weighted by Crippen LogP contribution is -2.28. The Kier molecular flexibility index (Phi) is 6.76. The predicted molar refractivity (Wildman–Crippen MR) is 68.5 cm³/mol. The van der Waals surface area contributed by atoms with Gasteiger partial charge < -0.3 is 16.4 Å². The summed E-state index contributed by atoms with van der Waals surface area (Å²) in [4.78, 5) is 10.5. The van der Waals surface area contributed by atoms with Gasteiger partial charge in [0.15, 0.2) is 0 Å². The second-order valence-electron chi connectivity index (χ2n) is 3.18. The van der Waals surface area contributed by atoms with Crippen LogP contribution in [0.5, 0.6) is 0 Å². The number of anilines is 1. The predicted octanol–water partition coefficient (Wildman–Crippen LogP) is 2.23. The van der Waals surface area contributed by atoms with Crippen LogP contribution in [0, 0.1) is 6.92 Å². The molecule has 4 heteroatoms. The third kappa shape index (κ3) is 5.24. The number of nitrogens with one attached hydrogen (secondary N) is 2. The molecule has 0 bridgehead atoms.